The van der Waals surface area contributed by atoms with Crippen LogP contribution in [0.15, 0.2) is 150 Å². The second kappa shape index (κ2) is 11.6. The maximum absolute atomic E-state index is 6.42. The molecule has 9 aromatic rings. The lowest BCUT2D eigenvalue weighted by Gasteiger charge is -2.19. The van der Waals surface area contributed by atoms with Crippen LogP contribution in [0.4, 0.5) is 0 Å². The van der Waals surface area contributed by atoms with E-state index in [0.29, 0.717) is 28.9 Å². The molecule has 50 heavy (non-hydrogen) atoms. The molecule has 0 aliphatic carbocycles. The molecule has 0 N–H and O–H groups in total. The van der Waals surface area contributed by atoms with Crippen molar-refractivity contribution < 1.29 is 4.42 Å². The summed E-state index contributed by atoms with van der Waals surface area (Å²) in [5, 5.41) is 2.43. The van der Waals surface area contributed by atoms with Crippen molar-refractivity contribution in [2.75, 3.05) is 0 Å². The Balaban J connectivity index is 1.24. The fourth-order valence-electron chi connectivity index (χ4n) is 6.69. The highest BCUT2D eigenvalue weighted by atomic mass is 16.3. The van der Waals surface area contributed by atoms with Crippen LogP contribution in [0.1, 0.15) is 26.3 Å². The van der Waals surface area contributed by atoms with E-state index in [-0.39, 0.29) is 5.41 Å². The SMILES string of the molecule is CC(C)(C)c1ccc(-c2nc(-c3cccc(-n4c5ccccc5c5ccccc54)c3)nc(-c3cccc4nc(-c5ccccc5)oc34)n2)cc1. The molecule has 6 nitrogen and oxygen atoms in total. The Morgan fingerprint density at radius 3 is 1.80 bits per heavy atom. The number of fused-ring (bicyclic) bond motifs is 4. The van der Waals surface area contributed by atoms with E-state index in [9.17, 15) is 0 Å². The van der Waals surface area contributed by atoms with E-state index >= 15 is 0 Å². The fourth-order valence-corrected chi connectivity index (χ4v) is 6.69. The van der Waals surface area contributed by atoms with E-state index in [1.165, 1.54) is 16.3 Å². The Morgan fingerprint density at radius 2 is 1.10 bits per heavy atom. The van der Waals surface area contributed by atoms with Gasteiger partial charge < -0.3 is 8.98 Å². The summed E-state index contributed by atoms with van der Waals surface area (Å²) in [6.45, 7) is 6.65. The third-order valence-corrected chi connectivity index (χ3v) is 9.26. The minimum Gasteiger partial charge on any atom is -0.435 e. The van der Waals surface area contributed by atoms with Crippen molar-refractivity contribution in [3.8, 4) is 51.3 Å². The molecule has 0 saturated carbocycles. The zero-order valence-electron chi connectivity index (χ0n) is 28.0. The molecule has 240 valence electrons. The van der Waals surface area contributed by atoms with Gasteiger partial charge in [-0.2, -0.15) is 0 Å². The molecule has 0 radical (unpaired) electrons. The molecule has 0 saturated heterocycles. The van der Waals surface area contributed by atoms with Gasteiger partial charge in [-0.3, -0.25) is 0 Å². The summed E-state index contributed by atoms with van der Waals surface area (Å²) in [4.78, 5) is 20.1. The normalized spacial score (nSPS) is 11.9. The molecule has 3 aromatic heterocycles. The molecular formula is C44H33N5O. The number of hydrogen-bond donors (Lipinski definition) is 0. The molecule has 0 aliphatic heterocycles. The zero-order chi connectivity index (χ0) is 33.8. The van der Waals surface area contributed by atoms with Crippen molar-refractivity contribution in [1.82, 2.24) is 24.5 Å². The predicted molar refractivity (Wildman–Crippen MR) is 202 cm³/mol. The molecular weight excluding hydrogens is 615 g/mol. The first-order chi connectivity index (χ1) is 24.4. The molecule has 0 unspecified atom stereocenters. The van der Waals surface area contributed by atoms with Gasteiger partial charge in [0, 0.05) is 33.2 Å². The molecule has 0 atom stereocenters. The minimum atomic E-state index is 0.0274. The lowest BCUT2D eigenvalue weighted by atomic mass is 9.87. The van der Waals surface area contributed by atoms with Crippen molar-refractivity contribution in [2.45, 2.75) is 26.2 Å². The standard InChI is InChI=1S/C44H33N5O/c1-44(2,3)31-25-23-28(24-26-31)40-46-41(48-42(47-40)35-19-12-20-36-39(35)50-43(45-36)29-13-5-4-6-14-29)30-15-11-16-32(27-30)49-37-21-9-7-17-33(37)34-18-8-10-22-38(34)49/h4-27H,1-3H3. The first-order valence-corrected chi connectivity index (χ1v) is 16.8. The third-order valence-electron chi connectivity index (χ3n) is 9.26. The van der Waals surface area contributed by atoms with Crippen LogP contribution in [-0.4, -0.2) is 24.5 Å². The molecule has 0 fully saturated rings. The second-order valence-corrected chi connectivity index (χ2v) is 13.6. The molecule has 0 bridgehead atoms. The van der Waals surface area contributed by atoms with Gasteiger partial charge in [0.05, 0.1) is 16.6 Å². The minimum absolute atomic E-state index is 0.0274. The van der Waals surface area contributed by atoms with Crippen molar-refractivity contribution >= 4 is 32.9 Å². The van der Waals surface area contributed by atoms with E-state index in [4.69, 9.17) is 24.4 Å². The number of aromatic nitrogens is 5. The Morgan fingerprint density at radius 1 is 0.500 bits per heavy atom. The number of para-hydroxylation sites is 3. The summed E-state index contributed by atoms with van der Waals surface area (Å²) in [6.07, 6.45) is 0. The molecule has 0 aliphatic rings. The average molecular weight is 648 g/mol. The molecule has 9 rings (SSSR count). The van der Waals surface area contributed by atoms with Crippen molar-refractivity contribution in [1.29, 1.82) is 0 Å². The van der Waals surface area contributed by atoms with Crippen LogP contribution in [0.25, 0.3) is 84.2 Å². The fraction of sp³-hybridized carbons (Fsp3) is 0.0909. The van der Waals surface area contributed by atoms with Crippen LogP contribution >= 0.6 is 0 Å². The highest BCUT2D eigenvalue weighted by molar-refractivity contribution is 6.09. The van der Waals surface area contributed by atoms with Gasteiger partial charge in [-0.25, -0.2) is 19.9 Å². The van der Waals surface area contributed by atoms with Gasteiger partial charge in [-0.15, -0.1) is 0 Å². The van der Waals surface area contributed by atoms with Gasteiger partial charge in [0.25, 0.3) is 0 Å². The first kappa shape index (κ1) is 29.7. The van der Waals surface area contributed by atoms with Gasteiger partial charge in [-0.05, 0) is 59.5 Å². The Bertz CT molecular complexity index is 2630. The highest BCUT2D eigenvalue weighted by Gasteiger charge is 2.20. The lowest BCUT2D eigenvalue weighted by molar-refractivity contribution is 0.590. The monoisotopic (exact) mass is 647 g/mol. The van der Waals surface area contributed by atoms with Gasteiger partial charge in [0.2, 0.25) is 5.89 Å². The third kappa shape index (κ3) is 5.13. The van der Waals surface area contributed by atoms with Crippen LogP contribution in [0, 0.1) is 0 Å². The Hall–Kier alpha value is -6.40. The van der Waals surface area contributed by atoms with Gasteiger partial charge in [-0.1, -0.05) is 118 Å². The van der Waals surface area contributed by atoms with Crippen molar-refractivity contribution in [2.24, 2.45) is 0 Å². The number of nitrogens with zero attached hydrogens (tertiary/aromatic N) is 5. The largest absolute Gasteiger partial charge is 0.435 e. The average Bonchev–Trinajstić information content (AvgIpc) is 3.75. The summed E-state index contributed by atoms with van der Waals surface area (Å²) in [5.41, 5.74) is 9.44. The Kier molecular flexibility index (Phi) is 6.92. The van der Waals surface area contributed by atoms with Gasteiger partial charge in [0.1, 0.15) is 5.52 Å². The van der Waals surface area contributed by atoms with Crippen LogP contribution in [0.3, 0.4) is 0 Å². The number of oxazole rings is 1. The topological polar surface area (TPSA) is 69.6 Å². The number of benzene rings is 6. The zero-order valence-corrected chi connectivity index (χ0v) is 28.0. The quantitative estimate of drug-likeness (QED) is 0.186. The second-order valence-electron chi connectivity index (χ2n) is 13.6. The summed E-state index contributed by atoms with van der Waals surface area (Å²) in [5.74, 6) is 2.24. The number of hydrogen-bond acceptors (Lipinski definition) is 5. The highest BCUT2D eigenvalue weighted by Crippen LogP contribution is 2.35. The molecule has 0 amide bonds. The lowest BCUT2D eigenvalue weighted by Crippen LogP contribution is -2.10. The molecule has 3 heterocycles. The van der Waals surface area contributed by atoms with E-state index < -0.39 is 0 Å². The van der Waals surface area contributed by atoms with Crippen LogP contribution < -0.4 is 0 Å². The maximum Gasteiger partial charge on any atom is 0.227 e. The predicted octanol–water partition coefficient (Wildman–Crippen LogP) is 11.1. The van der Waals surface area contributed by atoms with E-state index in [2.05, 4.69) is 122 Å². The van der Waals surface area contributed by atoms with Crippen LogP contribution in [0.5, 0.6) is 0 Å². The summed E-state index contributed by atoms with van der Waals surface area (Å²) >= 11 is 0. The molecule has 6 heteroatoms. The summed E-state index contributed by atoms with van der Waals surface area (Å²) < 4.78 is 8.73. The van der Waals surface area contributed by atoms with E-state index in [1.807, 2.05) is 48.5 Å². The van der Waals surface area contributed by atoms with E-state index in [1.54, 1.807) is 0 Å². The maximum atomic E-state index is 6.42. The van der Waals surface area contributed by atoms with Crippen LogP contribution in [-0.2, 0) is 5.41 Å². The summed E-state index contributed by atoms with van der Waals surface area (Å²) in [6, 6.07) is 49.8. The van der Waals surface area contributed by atoms with Crippen molar-refractivity contribution in [3.05, 3.63) is 151 Å². The van der Waals surface area contributed by atoms with Crippen molar-refractivity contribution in [3.63, 3.8) is 0 Å². The van der Waals surface area contributed by atoms with Gasteiger partial charge in [0.15, 0.2) is 23.1 Å². The van der Waals surface area contributed by atoms with Crippen LogP contribution in [0.2, 0.25) is 0 Å². The van der Waals surface area contributed by atoms with E-state index in [0.717, 1.165) is 44.5 Å². The smallest absolute Gasteiger partial charge is 0.227 e. The first-order valence-electron chi connectivity index (χ1n) is 16.8. The summed E-state index contributed by atoms with van der Waals surface area (Å²) in [7, 11) is 0. The Labute approximate surface area is 289 Å². The van der Waals surface area contributed by atoms with Gasteiger partial charge >= 0.3 is 0 Å². The molecule has 6 aromatic carbocycles. The number of rotatable bonds is 5. The molecule has 0 spiro atoms.